The van der Waals surface area contributed by atoms with Gasteiger partial charge in [0.15, 0.2) is 17.7 Å². The Morgan fingerprint density at radius 3 is 2.85 bits per heavy atom. The minimum atomic E-state index is -1.17. The molecule has 0 saturated carbocycles. The molecule has 2 aromatic rings. The fourth-order valence-electron chi connectivity index (χ4n) is 2.69. The molecule has 1 aliphatic rings. The highest BCUT2D eigenvalue weighted by Gasteiger charge is 2.44. The number of carboxylic acids is 1. The molecule has 1 saturated heterocycles. The van der Waals surface area contributed by atoms with Crippen LogP contribution in [0.5, 0.6) is 0 Å². The zero-order valence-electron chi connectivity index (χ0n) is 13.7. The normalized spacial score (nSPS) is 27.0. The lowest BCUT2D eigenvalue weighted by Crippen LogP contribution is -2.33. The van der Waals surface area contributed by atoms with E-state index in [1.807, 2.05) is 0 Å². The maximum atomic E-state index is 10.7. The second kappa shape index (κ2) is 7.72. The topological polar surface area (TPSA) is 183 Å². The number of aliphatic carboxylic acids is 1. The third-order valence-corrected chi connectivity index (χ3v) is 5.26. The monoisotopic (exact) mass is 384 g/mol. The maximum absolute atomic E-state index is 10.7. The van der Waals surface area contributed by atoms with E-state index < -0.39 is 36.6 Å². The minimum Gasteiger partial charge on any atom is -0.480 e. The van der Waals surface area contributed by atoms with Gasteiger partial charge in [0.1, 0.15) is 30.1 Å². The summed E-state index contributed by atoms with van der Waals surface area (Å²) in [5, 5.41) is 29.3. The lowest BCUT2D eigenvalue weighted by atomic mass is 10.1. The fraction of sp³-hybridized carbons (Fsp3) is 0.571. The SMILES string of the molecule is Nc1ncnc2c1ncn2C1OC(CSCCC(N)C(=O)O)[C@@H](O)[C@H]1O. The standard InChI is InChI=1S/C14H20N6O5S/c15-6(14(23)24)1-2-26-3-7-9(21)10(22)13(25-7)20-5-19-8-11(16)17-4-18-12(8)20/h4-7,9-10,13,21-22H,1-3,15H2,(H,23,24)(H2,16,17,18)/t6?,7?,9-,10-,13?/m1/s1. The van der Waals surface area contributed by atoms with Gasteiger partial charge in [0, 0.05) is 5.75 Å². The maximum Gasteiger partial charge on any atom is 0.320 e. The number of imidazole rings is 1. The molecule has 26 heavy (non-hydrogen) atoms. The quantitative estimate of drug-likeness (QED) is 0.352. The smallest absolute Gasteiger partial charge is 0.320 e. The van der Waals surface area contributed by atoms with Crippen molar-refractivity contribution < 1.29 is 24.9 Å². The third-order valence-electron chi connectivity index (χ3n) is 4.17. The molecule has 2 aromatic heterocycles. The Labute approximate surface area is 152 Å². The highest BCUT2D eigenvalue weighted by atomic mass is 32.2. The largest absolute Gasteiger partial charge is 0.480 e. The number of ether oxygens (including phenoxy) is 1. The van der Waals surface area contributed by atoms with E-state index >= 15 is 0 Å². The molecule has 0 aromatic carbocycles. The van der Waals surface area contributed by atoms with Crippen LogP contribution >= 0.6 is 11.8 Å². The molecule has 0 aliphatic carbocycles. The van der Waals surface area contributed by atoms with Gasteiger partial charge in [-0.25, -0.2) is 15.0 Å². The molecule has 12 heteroatoms. The summed E-state index contributed by atoms with van der Waals surface area (Å²) in [4.78, 5) is 22.8. The number of carbonyl (C=O) groups is 1. The van der Waals surface area contributed by atoms with Gasteiger partial charge in [0.2, 0.25) is 0 Å². The molecular weight excluding hydrogens is 364 g/mol. The zero-order valence-corrected chi connectivity index (χ0v) is 14.5. The first kappa shape index (κ1) is 18.8. The van der Waals surface area contributed by atoms with Gasteiger partial charge in [-0.15, -0.1) is 0 Å². The number of thioether (sulfide) groups is 1. The number of aliphatic hydroxyl groups is 2. The van der Waals surface area contributed by atoms with Crippen molar-refractivity contribution in [3.05, 3.63) is 12.7 Å². The number of hydrogen-bond acceptors (Lipinski definition) is 10. The van der Waals surface area contributed by atoms with Crippen LogP contribution in [0.1, 0.15) is 12.6 Å². The average Bonchev–Trinajstić information content (AvgIpc) is 3.15. The Kier molecular flexibility index (Phi) is 5.58. The van der Waals surface area contributed by atoms with E-state index in [2.05, 4.69) is 15.0 Å². The number of nitrogens with zero attached hydrogens (tertiary/aromatic N) is 4. The van der Waals surface area contributed by atoms with E-state index in [9.17, 15) is 15.0 Å². The van der Waals surface area contributed by atoms with Crippen molar-refractivity contribution >= 4 is 34.7 Å². The van der Waals surface area contributed by atoms with Crippen LogP contribution in [0.2, 0.25) is 0 Å². The van der Waals surface area contributed by atoms with Crippen molar-refractivity contribution in [3.63, 3.8) is 0 Å². The second-order valence-corrected chi connectivity index (χ2v) is 7.09. The fourth-order valence-corrected chi connectivity index (χ4v) is 3.78. The van der Waals surface area contributed by atoms with Gasteiger partial charge in [-0.05, 0) is 12.2 Å². The Hall–Kier alpha value is -1.99. The Morgan fingerprint density at radius 1 is 1.35 bits per heavy atom. The van der Waals surface area contributed by atoms with E-state index in [1.54, 1.807) is 0 Å². The van der Waals surface area contributed by atoms with E-state index in [1.165, 1.54) is 29.0 Å². The van der Waals surface area contributed by atoms with Crippen molar-refractivity contribution in [3.8, 4) is 0 Å². The van der Waals surface area contributed by atoms with E-state index in [4.69, 9.17) is 21.3 Å². The predicted molar refractivity (Wildman–Crippen MR) is 93.2 cm³/mol. The number of carboxylic acid groups (broad SMARTS) is 1. The molecule has 0 radical (unpaired) electrons. The summed E-state index contributed by atoms with van der Waals surface area (Å²) in [6.07, 6.45) is -0.747. The first-order valence-corrected chi connectivity index (χ1v) is 9.06. The average molecular weight is 384 g/mol. The van der Waals surface area contributed by atoms with E-state index in [-0.39, 0.29) is 5.82 Å². The minimum absolute atomic E-state index is 0.212. The third kappa shape index (κ3) is 3.59. The first-order valence-electron chi connectivity index (χ1n) is 7.91. The van der Waals surface area contributed by atoms with Crippen molar-refractivity contribution in [1.29, 1.82) is 0 Å². The van der Waals surface area contributed by atoms with Gasteiger partial charge in [0.25, 0.3) is 0 Å². The summed E-state index contributed by atoms with van der Waals surface area (Å²) in [5.74, 6) is 0.0405. The Bertz CT molecular complexity index is 788. The van der Waals surface area contributed by atoms with Gasteiger partial charge in [-0.2, -0.15) is 11.8 Å². The van der Waals surface area contributed by atoms with Crippen LogP contribution in [0.15, 0.2) is 12.7 Å². The lowest BCUT2D eigenvalue weighted by molar-refractivity contribution is -0.138. The molecule has 3 heterocycles. The van der Waals surface area contributed by atoms with Crippen LogP contribution in [0.3, 0.4) is 0 Å². The van der Waals surface area contributed by atoms with E-state index in [0.717, 1.165) is 0 Å². The number of hydrogen-bond donors (Lipinski definition) is 5. The number of aromatic nitrogens is 4. The van der Waals surface area contributed by atoms with Crippen LogP contribution in [0.25, 0.3) is 11.2 Å². The van der Waals surface area contributed by atoms with Gasteiger partial charge in [-0.3, -0.25) is 9.36 Å². The summed E-state index contributed by atoms with van der Waals surface area (Å²) in [7, 11) is 0. The van der Waals surface area contributed by atoms with Gasteiger partial charge in [0.05, 0.1) is 12.4 Å². The summed E-state index contributed by atoms with van der Waals surface area (Å²) < 4.78 is 7.29. The lowest BCUT2D eigenvalue weighted by Gasteiger charge is -2.16. The van der Waals surface area contributed by atoms with Gasteiger partial charge in [-0.1, -0.05) is 0 Å². The first-order chi connectivity index (χ1) is 12.4. The van der Waals surface area contributed by atoms with Crippen LogP contribution in [-0.2, 0) is 9.53 Å². The van der Waals surface area contributed by atoms with Gasteiger partial charge >= 0.3 is 5.97 Å². The molecule has 0 bridgehead atoms. The predicted octanol–water partition coefficient (Wildman–Crippen LogP) is -1.44. The highest BCUT2D eigenvalue weighted by molar-refractivity contribution is 7.99. The van der Waals surface area contributed by atoms with Crippen molar-refractivity contribution in [1.82, 2.24) is 19.5 Å². The molecule has 11 nitrogen and oxygen atoms in total. The second-order valence-electron chi connectivity index (χ2n) is 5.94. The summed E-state index contributed by atoms with van der Waals surface area (Å²) in [5.41, 5.74) is 12.0. The summed E-state index contributed by atoms with van der Waals surface area (Å²) in [6.45, 7) is 0. The van der Waals surface area contributed by atoms with Crippen LogP contribution < -0.4 is 11.5 Å². The molecule has 3 rings (SSSR count). The molecule has 0 amide bonds. The number of rotatable bonds is 7. The number of anilines is 1. The van der Waals surface area contributed by atoms with Gasteiger partial charge < -0.3 is 31.5 Å². The number of fused-ring (bicyclic) bond motifs is 1. The molecule has 5 atom stereocenters. The Balaban J connectivity index is 1.64. The number of nitrogen functional groups attached to an aromatic ring is 1. The molecular formula is C14H20N6O5S. The summed E-state index contributed by atoms with van der Waals surface area (Å²) in [6, 6.07) is -0.919. The highest BCUT2D eigenvalue weighted by Crippen LogP contribution is 2.33. The number of nitrogens with two attached hydrogens (primary N) is 2. The molecule has 142 valence electrons. The van der Waals surface area contributed by atoms with Crippen molar-refractivity contribution in [2.75, 3.05) is 17.2 Å². The summed E-state index contributed by atoms with van der Waals surface area (Å²) >= 11 is 1.40. The molecule has 1 fully saturated rings. The molecule has 0 spiro atoms. The van der Waals surface area contributed by atoms with Crippen LogP contribution in [0, 0.1) is 0 Å². The van der Waals surface area contributed by atoms with Crippen LogP contribution in [-0.4, -0.2) is 76.7 Å². The van der Waals surface area contributed by atoms with Crippen LogP contribution in [0.4, 0.5) is 5.82 Å². The van der Waals surface area contributed by atoms with Crippen molar-refractivity contribution in [2.24, 2.45) is 5.73 Å². The molecule has 1 aliphatic heterocycles. The van der Waals surface area contributed by atoms with E-state index in [0.29, 0.717) is 29.1 Å². The number of aliphatic hydroxyl groups excluding tert-OH is 2. The Morgan fingerprint density at radius 2 is 2.12 bits per heavy atom. The molecule has 3 unspecified atom stereocenters. The molecule has 7 N–H and O–H groups in total. The van der Waals surface area contributed by atoms with Crippen molar-refractivity contribution in [2.45, 2.75) is 37.0 Å². The zero-order chi connectivity index (χ0) is 18.8.